The van der Waals surface area contributed by atoms with Crippen LogP contribution in [0.25, 0.3) is 0 Å². The van der Waals surface area contributed by atoms with Crippen LogP contribution in [0.3, 0.4) is 0 Å². The van der Waals surface area contributed by atoms with E-state index in [1.165, 1.54) is 23.8 Å². The Hall–Kier alpha value is -1.77. The van der Waals surface area contributed by atoms with E-state index < -0.39 is 11.6 Å². The molecule has 0 atom stereocenters. The molecule has 2 rings (SSSR count). The van der Waals surface area contributed by atoms with Crippen LogP contribution in [0.5, 0.6) is 0 Å². The highest BCUT2D eigenvalue weighted by molar-refractivity contribution is 5.28. The Morgan fingerprint density at radius 2 is 1.14 bits per heavy atom. The summed E-state index contributed by atoms with van der Waals surface area (Å²) in [5.41, 5.74) is 2.83. The van der Waals surface area contributed by atoms with Crippen LogP contribution in [0, 0.1) is 24.4 Å². The van der Waals surface area contributed by atoms with Crippen molar-refractivity contribution < 1.29 is 13.2 Å². The molecule has 0 saturated heterocycles. The molecule has 0 radical (unpaired) electrons. The lowest BCUT2D eigenvalue weighted by molar-refractivity contribution is 0.565. The number of aryl methyl sites for hydroxylation is 1. The fourth-order valence-corrected chi connectivity index (χ4v) is 2.26. The highest BCUT2D eigenvalue weighted by atomic mass is 19.1. The largest absolute Gasteiger partial charge is 0.207 e. The Morgan fingerprint density at radius 1 is 0.682 bits per heavy atom. The predicted molar refractivity (Wildman–Crippen MR) is 85.7 cm³/mol. The van der Waals surface area contributed by atoms with E-state index in [9.17, 15) is 13.2 Å². The van der Waals surface area contributed by atoms with Crippen LogP contribution < -0.4 is 0 Å². The smallest absolute Gasteiger partial charge is 0.129 e. The van der Waals surface area contributed by atoms with Crippen molar-refractivity contribution in [1.29, 1.82) is 0 Å². The molecule has 0 aliphatic rings. The van der Waals surface area contributed by atoms with Gasteiger partial charge in [0.2, 0.25) is 0 Å². The molecule has 0 bridgehead atoms. The maximum atomic E-state index is 12.9. The Bertz CT molecular complexity index is 561. The third-order valence-electron chi connectivity index (χ3n) is 3.44. The number of hydrogen-bond acceptors (Lipinski definition) is 0. The second kappa shape index (κ2) is 8.02. The van der Waals surface area contributed by atoms with Crippen molar-refractivity contribution in [3.05, 3.63) is 70.5 Å². The molecule has 0 nitrogen and oxygen atoms in total. The highest BCUT2D eigenvalue weighted by Gasteiger charge is 2.06. The summed E-state index contributed by atoms with van der Waals surface area (Å²) in [7, 11) is 0. The molecule has 0 aliphatic carbocycles. The van der Waals surface area contributed by atoms with Crippen LogP contribution in [0.2, 0.25) is 0 Å². The topological polar surface area (TPSA) is 0 Å². The van der Waals surface area contributed by atoms with Crippen LogP contribution in [-0.2, 0) is 0 Å². The summed E-state index contributed by atoms with van der Waals surface area (Å²) in [6, 6.07) is 8.62. The minimum absolute atomic E-state index is 0.107. The maximum absolute atomic E-state index is 12.9. The van der Waals surface area contributed by atoms with Crippen molar-refractivity contribution in [2.75, 3.05) is 0 Å². The van der Waals surface area contributed by atoms with E-state index >= 15 is 0 Å². The monoisotopic (exact) mass is 308 g/mol. The second-order valence-corrected chi connectivity index (χ2v) is 5.98. The Labute approximate surface area is 131 Å². The standard InChI is InChI=1S/C10H13F.C9H10F2/c1-7(2)10-5-4-9(11)6-8(10)3;1-6(2)8-4-3-7(10)5-9(8)11/h4-7H,1-3H3;3-6H,1-2H3. The van der Waals surface area contributed by atoms with E-state index in [1.807, 2.05) is 26.8 Å². The quantitative estimate of drug-likeness (QED) is 0.606. The molecule has 0 fully saturated rings. The van der Waals surface area contributed by atoms with E-state index in [1.54, 1.807) is 6.07 Å². The fourth-order valence-electron chi connectivity index (χ4n) is 2.26. The van der Waals surface area contributed by atoms with E-state index in [4.69, 9.17) is 0 Å². The minimum Gasteiger partial charge on any atom is -0.207 e. The molecule has 2 aromatic rings. The number of benzene rings is 2. The lowest BCUT2D eigenvalue weighted by Crippen LogP contribution is -1.92. The molecule has 3 heteroatoms. The first-order valence-corrected chi connectivity index (χ1v) is 7.43. The Kier molecular flexibility index (Phi) is 6.66. The summed E-state index contributed by atoms with van der Waals surface area (Å²) in [6.45, 7) is 9.91. The summed E-state index contributed by atoms with van der Waals surface area (Å²) in [4.78, 5) is 0. The highest BCUT2D eigenvalue weighted by Crippen LogP contribution is 2.19. The van der Waals surface area contributed by atoms with Crippen LogP contribution in [-0.4, -0.2) is 0 Å². The van der Waals surface area contributed by atoms with Crippen molar-refractivity contribution in [2.24, 2.45) is 0 Å². The molecule has 0 aliphatic heterocycles. The van der Waals surface area contributed by atoms with E-state index in [0.29, 0.717) is 11.5 Å². The first kappa shape index (κ1) is 18.3. The fraction of sp³-hybridized carbons (Fsp3) is 0.368. The summed E-state index contributed by atoms with van der Waals surface area (Å²) < 4.78 is 37.8. The van der Waals surface area contributed by atoms with E-state index in [-0.39, 0.29) is 11.7 Å². The Morgan fingerprint density at radius 3 is 1.55 bits per heavy atom. The van der Waals surface area contributed by atoms with Gasteiger partial charge in [-0.2, -0.15) is 0 Å². The van der Waals surface area contributed by atoms with Crippen LogP contribution >= 0.6 is 0 Å². The molecular formula is C19H23F3. The van der Waals surface area contributed by atoms with Gasteiger partial charge in [0, 0.05) is 6.07 Å². The predicted octanol–water partition coefficient (Wildman–Crippen LogP) is 6.35. The molecule has 0 unspecified atom stereocenters. The zero-order valence-electron chi connectivity index (χ0n) is 13.8. The third-order valence-corrected chi connectivity index (χ3v) is 3.44. The van der Waals surface area contributed by atoms with Crippen molar-refractivity contribution in [2.45, 2.75) is 46.5 Å². The average Bonchev–Trinajstić information content (AvgIpc) is 2.38. The lowest BCUT2D eigenvalue weighted by atomic mass is 9.98. The number of hydrogen-bond donors (Lipinski definition) is 0. The van der Waals surface area contributed by atoms with Crippen molar-refractivity contribution in [1.82, 2.24) is 0 Å². The molecule has 0 amide bonds. The van der Waals surface area contributed by atoms with Gasteiger partial charge in [-0.05, 0) is 53.6 Å². The van der Waals surface area contributed by atoms with Gasteiger partial charge in [0.15, 0.2) is 0 Å². The minimum atomic E-state index is -0.521. The SMILES string of the molecule is CC(C)c1ccc(F)cc1F.Cc1cc(F)ccc1C(C)C. The molecule has 0 aromatic heterocycles. The molecular weight excluding hydrogens is 285 g/mol. The first-order chi connectivity index (χ1) is 10.2. The summed E-state index contributed by atoms with van der Waals surface area (Å²) in [5.74, 6) is -0.537. The number of halogens is 3. The summed E-state index contributed by atoms with van der Waals surface area (Å²) >= 11 is 0. The summed E-state index contributed by atoms with van der Waals surface area (Å²) in [5, 5.41) is 0. The third kappa shape index (κ3) is 5.21. The molecule has 0 heterocycles. The van der Waals surface area contributed by atoms with Gasteiger partial charge >= 0.3 is 0 Å². The van der Waals surface area contributed by atoms with Gasteiger partial charge in [0.25, 0.3) is 0 Å². The van der Waals surface area contributed by atoms with Gasteiger partial charge < -0.3 is 0 Å². The molecule has 0 saturated carbocycles. The van der Waals surface area contributed by atoms with Crippen LogP contribution in [0.1, 0.15) is 56.2 Å². The number of rotatable bonds is 2. The molecule has 0 spiro atoms. The van der Waals surface area contributed by atoms with Gasteiger partial charge in [-0.25, -0.2) is 13.2 Å². The first-order valence-electron chi connectivity index (χ1n) is 7.43. The van der Waals surface area contributed by atoms with Gasteiger partial charge in [-0.15, -0.1) is 0 Å². The summed E-state index contributed by atoms with van der Waals surface area (Å²) in [6.07, 6.45) is 0. The van der Waals surface area contributed by atoms with Crippen LogP contribution in [0.15, 0.2) is 36.4 Å². The lowest BCUT2D eigenvalue weighted by Gasteiger charge is -2.08. The second-order valence-electron chi connectivity index (χ2n) is 5.98. The van der Waals surface area contributed by atoms with E-state index in [0.717, 1.165) is 11.6 Å². The van der Waals surface area contributed by atoms with Crippen molar-refractivity contribution in [3.63, 3.8) is 0 Å². The Balaban J connectivity index is 0.000000220. The maximum Gasteiger partial charge on any atom is 0.129 e. The van der Waals surface area contributed by atoms with E-state index in [2.05, 4.69) is 13.8 Å². The molecule has 22 heavy (non-hydrogen) atoms. The zero-order valence-corrected chi connectivity index (χ0v) is 13.8. The van der Waals surface area contributed by atoms with Crippen molar-refractivity contribution >= 4 is 0 Å². The normalized spacial score (nSPS) is 10.6. The van der Waals surface area contributed by atoms with Crippen molar-refractivity contribution in [3.8, 4) is 0 Å². The average molecular weight is 308 g/mol. The van der Waals surface area contributed by atoms with Gasteiger partial charge in [-0.1, -0.05) is 39.8 Å². The van der Waals surface area contributed by atoms with Crippen LogP contribution in [0.4, 0.5) is 13.2 Å². The van der Waals surface area contributed by atoms with Gasteiger partial charge in [0.1, 0.15) is 17.5 Å². The molecule has 120 valence electrons. The van der Waals surface area contributed by atoms with Gasteiger partial charge in [-0.3, -0.25) is 0 Å². The zero-order chi connectivity index (χ0) is 16.9. The molecule has 2 aromatic carbocycles. The van der Waals surface area contributed by atoms with Gasteiger partial charge in [0.05, 0.1) is 0 Å². The molecule has 0 N–H and O–H groups in total.